The molecule has 5 nitrogen and oxygen atoms in total. The van der Waals surface area contributed by atoms with Crippen molar-refractivity contribution in [2.45, 2.75) is 0 Å². The van der Waals surface area contributed by atoms with Crippen molar-refractivity contribution < 1.29 is 14.1 Å². The van der Waals surface area contributed by atoms with Gasteiger partial charge in [0.25, 0.3) is 5.69 Å². The molecule has 1 N–H and O–H groups in total. The van der Waals surface area contributed by atoms with Crippen molar-refractivity contribution in [2.75, 3.05) is 5.32 Å². The second kappa shape index (κ2) is 6.82. The highest BCUT2D eigenvalue weighted by molar-refractivity contribution is 6.32. The van der Waals surface area contributed by atoms with Crippen molar-refractivity contribution in [3.63, 3.8) is 0 Å². The first-order chi connectivity index (χ1) is 10.5. The highest BCUT2D eigenvalue weighted by atomic mass is 35.5. The van der Waals surface area contributed by atoms with Crippen LogP contribution in [0.25, 0.3) is 6.08 Å². The lowest BCUT2D eigenvalue weighted by molar-refractivity contribution is -0.384. The largest absolute Gasteiger partial charge is 0.322 e. The Kier molecular flexibility index (Phi) is 4.85. The average Bonchev–Trinajstić information content (AvgIpc) is 2.46. The van der Waals surface area contributed by atoms with E-state index >= 15 is 0 Å². The van der Waals surface area contributed by atoms with Crippen LogP contribution in [0.3, 0.4) is 0 Å². The summed E-state index contributed by atoms with van der Waals surface area (Å²) in [5, 5.41) is 13.3. The highest BCUT2D eigenvalue weighted by Gasteiger charge is 2.11. The number of rotatable bonds is 4. The van der Waals surface area contributed by atoms with Crippen LogP contribution in [0.1, 0.15) is 5.56 Å². The van der Waals surface area contributed by atoms with Crippen LogP contribution >= 0.6 is 11.6 Å². The molecule has 2 aromatic rings. The smallest absolute Gasteiger partial charge is 0.288 e. The third kappa shape index (κ3) is 4.13. The standard InChI is InChI=1S/C15H10ClFN2O3/c16-13-6-4-10(8-14(13)19(21)22)5-7-15(20)18-12-3-1-2-11(17)9-12/h1-9H,(H,18,20)/b7-5+. The minimum Gasteiger partial charge on any atom is -0.322 e. The Morgan fingerprint density at radius 3 is 2.73 bits per heavy atom. The van der Waals surface area contributed by atoms with Gasteiger partial charge in [-0.15, -0.1) is 0 Å². The normalized spacial score (nSPS) is 10.6. The molecule has 0 aliphatic carbocycles. The van der Waals surface area contributed by atoms with E-state index in [1.807, 2.05) is 0 Å². The molecule has 0 unspecified atom stereocenters. The van der Waals surface area contributed by atoms with E-state index in [2.05, 4.69) is 5.32 Å². The van der Waals surface area contributed by atoms with Crippen molar-refractivity contribution >= 4 is 35.0 Å². The number of amides is 1. The van der Waals surface area contributed by atoms with Crippen LogP contribution < -0.4 is 5.32 Å². The predicted molar refractivity (Wildman–Crippen MR) is 82.2 cm³/mol. The zero-order valence-corrected chi connectivity index (χ0v) is 11.9. The number of benzene rings is 2. The van der Waals surface area contributed by atoms with Crippen LogP contribution in [0.15, 0.2) is 48.5 Å². The van der Waals surface area contributed by atoms with Crippen LogP contribution in [0.2, 0.25) is 5.02 Å². The fraction of sp³-hybridized carbons (Fsp3) is 0. The van der Waals surface area contributed by atoms with E-state index in [0.717, 1.165) is 0 Å². The van der Waals surface area contributed by atoms with Gasteiger partial charge in [0.05, 0.1) is 4.92 Å². The number of carbonyl (C=O) groups excluding carboxylic acids is 1. The lowest BCUT2D eigenvalue weighted by atomic mass is 10.2. The van der Waals surface area contributed by atoms with Gasteiger partial charge in [0.1, 0.15) is 10.8 Å². The van der Waals surface area contributed by atoms with Gasteiger partial charge in [0, 0.05) is 17.8 Å². The van der Waals surface area contributed by atoms with Crippen molar-refractivity contribution in [2.24, 2.45) is 0 Å². The highest BCUT2D eigenvalue weighted by Crippen LogP contribution is 2.25. The molecule has 0 aliphatic heterocycles. The summed E-state index contributed by atoms with van der Waals surface area (Å²) in [6.45, 7) is 0. The molecule has 0 heterocycles. The quantitative estimate of drug-likeness (QED) is 0.525. The summed E-state index contributed by atoms with van der Waals surface area (Å²) < 4.78 is 13.0. The number of nitro groups is 1. The van der Waals surface area contributed by atoms with E-state index in [4.69, 9.17) is 11.6 Å². The lowest BCUT2D eigenvalue weighted by Gasteiger charge is -2.01. The van der Waals surface area contributed by atoms with Gasteiger partial charge >= 0.3 is 0 Å². The SMILES string of the molecule is O=C(/C=C/c1ccc(Cl)c([N+](=O)[O-])c1)Nc1cccc(F)c1. The molecule has 2 rings (SSSR count). The molecule has 0 aromatic heterocycles. The van der Waals surface area contributed by atoms with Crippen molar-refractivity contribution in [1.82, 2.24) is 0 Å². The van der Waals surface area contributed by atoms with E-state index in [1.54, 1.807) is 12.1 Å². The first-order valence-electron chi connectivity index (χ1n) is 6.14. The van der Waals surface area contributed by atoms with Gasteiger partial charge in [-0.2, -0.15) is 0 Å². The zero-order valence-electron chi connectivity index (χ0n) is 11.1. The van der Waals surface area contributed by atoms with E-state index in [9.17, 15) is 19.3 Å². The van der Waals surface area contributed by atoms with Gasteiger partial charge in [-0.3, -0.25) is 14.9 Å². The number of carbonyl (C=O) groups is 1. The summed E-state index contributed by atoms with van der Waals surface area (Å²) in [4.78, 5) is 21.9. The first kappa shape index (κ1) is 15.7. The van der Waals surface area contributed by atoms with Crippen LogP contribution in [-0.4, -0.2) is 10.8 Å². The van der Waals surface area contributed by atoms with Crippen molar-refractivity contribution in [3.8, 4) is 0 Å². The summed E-state index contributed by atoms with van der Waals surface area (Å²) >= 11 is 5.70. The second-order valence-corrected chi connectivity index (χ2v) is 4.71. The fourth-order valence-corrected chi connectivity index (χ4v) is 1.88. The van der Waals surface area contributed by atoms with E-state index in [-0.39, 0.29) is 10.7 Å². The zero-order chi connectivity index (χ0) is 16.1. The van der Waals surface area contributed by atoms with Gasteiger partial charge in [0.2, 0.25) is 5.91 Å². The Morgan fingerprint density at radius 2 is 2.05 bits per heavy atom. The molecule has 22 heavy (non-hydrogen) atoms. The number of nitro benzene ring substituents is 1. The van der Waals surface area contributed by atoms with Crippen LogP contribution in [0.4, 0.5) is 15.8 Å². The maximum atomic E-state index is 13.0. The van der Waals surface area contributed by atoms with Gasteiger partial charge in [0.15, 0.2) is 0 Å². The molecule has 0 saturated heterocycles. The van der Waals surface area contributed by atoms with E-state index in [0.29, 0.717) is 11.3 Å². The summed E-state index contributed by atoms with van der Waals surface area (Å²) in [5.74, 6) is -0.946. The Hall–Kier alpha value is -2.73. The van der Waals surface area contributed by atoms with Crippen LogP contribution in [0, 0.1) is 15.9 Å². The number of anilines is 1. The molecule has 7 heteroatoms. The van der Waals surface area contributed by atoms with Gasteiger partial charge < -0.3 is 5.32 Å². The Balaban J connectivity index is 2.10. The topological polar surface area (TPSA) is 72.2 Å². The summed E-state index contributed by atoms with van der Waals surface area (Å²) in [6.07, 6.45) is 2.59. The lowest BCUT2D eigenvalue weighted by Crippen LogP contribution is -2.07. The average molecular weight is 321 g/mol. The molecule has 0 saturated carbocycles. The van der Waals surface area contributed by atoms with E-state index in [1.165, 1.54) is 42.5 Å². The van der Waals surface area contributed by atoms with Crippen LogP contribution in [-0.2, 0) is 4.79 Å². The molecule has 112 valence electrons. The van der Waals surface area contributed by atoms with Crippen LogP contribution in [0.5, 0.6) is 0 Å². The first-order valence-corrected chi connectivity index (χ1v) is 6.52. The maximum Gasteiger partial charge on any atom is 0.288 e. The predicted octanol–water partition coefficient (Wildman–Crippen LogP) is 4.04. The van der Waals surface area contributed by atoms with E-state index < -0.39 is 16.6 Å². The minimum absolute atomic E-state index is 0.0198. The second-order valence-electron chi connectivity index (χ2n) is 4.30. The number of nitrogens with zero attached hydrogens (tertiary/aromatic N) is 1. The Labute approximate surface area is 130 Å². The number of halogens is 2. The summed E-state index contributed by atoms with van der Waals surface area (Å²) in [5.41, 5.74) is 0.525. The molecule has 1 amide bonds. The molecular formula is C15H10ClFN2O3. The Morgan fingerprint density at radius 1 is 1.27 bits per heavy atom. The molecule has 0 atom stereocenters. The third-order valence-corrected chi connectivity index (χ3v) is 3.01. The fourth-order valence-electron chi connectivity index (χ4n) is 1.70. The molecule has 0 bridgehead atoms. The van der Waals surface area contributed by atoms with Gasteiger partial charge in [-0.25, -0.2) is 4.39 Å². The summed E-state index contributed by atoms with van der Waals surface area (Å²) in [6, 6.07) is 9.63. The number of nitrogens with one attached hydrogen (secondary N) is 1. The van der Waals surface area contributed by atoms with Gasteiger partial charge in [-0.1, -0.05) is 23.7 Å². The van der Waals surface area contributed by atoms with Crippen molar-refractivity contribution in [3.05, 3.63) is 75.1 Å². The monoisotopic (exact) mass is 320 g/mol. The number of hydrogen-bond acceptors (Lipinski definition) is 3. The van der Waals surface area contributed by atoms with Crippen molar-refractivity contribution in [1.29, 1.82) is 0 Å². The molecule has 0 radical (unpaired) electrons. The molecular weight excluding hydrogens is 311 g/mol. The maximum absolute atomic E-state index is 13.0. The minimum atomic E-state index is -0.605. The number of hydrogen-bond donors (Lipinski definition) is 1. The molecule has 0 aliphatic rings. The molecule has 0 spiro atoms. The molecule has 2 aromatic carbocycles. The van der Waals surface area contributed by atoms with Gasteiger partial charge in [-0.05, 0) is 35.9 Å². The molecule has 0 fully saturated rings. The summed E-state index contributed by atoms with van der Waals surface area (Å²) in [7, 11) is 0. The Bertz CT molecular complexity index is 762. The third-order valence-electron chi connectivity index (χ3n) is 2.69.